The number of nitrogens with zero attached hydrogens (tertiary/aromatic N) is 2. The number of hydrogen-bond acceptors (Lipinski definition) is 2. The Labute approximate surface area is 103 Å². The summed E-state index contributed by atoms with van der Waals surface area (Å²) in [6.07, 6.45) is 3.80. The Bertz CT molecular complexity index is 494. The molecule has 4 heteroatoms. The average Bonchev–Trinajstić information content (AvgIpc) is 2.77. The van der Waals surface area contributed by atoms with Gasteiger partial charge < -0.3 is 9.30 Å². The molecule has 1 aromatic carbocycles. The molecule has 16 heavy (non-hydrogen) atoms. The Balaban J connectivity index is 2.45. The van der Waals surface area contributed by atoms with E-state index >= 15 is 0 Å². The van der Waals surface area contributed by atoms with E-state index in [2.05, 4.69) is 32.4 Å². The molecule has 0 aliphatic rings. The molecule has 3 nitrogen and oxygen atoms in total. The van der Waals surface area contributed by atoms with Crippen molar-refractivity contribution in [1.29, 1.82) is 0 Å². The fraction of sp³-hybridized carbons (Fsp3) is 0.250. The molecule has 2 aromatic rings. The van der Waals surface area contributed by atoms with Crippen molar-refractivity contribution in [3.8, 4) is 17.1 Å². The van der Waals surface area contributed by atoms with Crippen molar-refractivity contribution in [1.82, 2.24) is 9.55 Å². The van der Waals surface area contributed by atoms with E-state index in [0.717, 1.165) is 28.2 Å². The van der Waals surface area contributed by atoms with Gasteiger partial charge in [-0.05, 0) is 41.1 Å². The van der Waals surface area contributed by atoms with Crippen LogP contribution in [-0.4, -0.2) is 16.7 Å². The standard InChI is InChI=1S/C12H13BrN2O/c1-3-15-7-6-14-12(15)9-4-5-11(16-2)10(13)8-9/h4-8H,3H2,1-2H3. The number of hydrogen-bond donors (Lipinski definition) is 0. The van der Waals surface area contributed by atoms with Crippen molar-refractivity contribution in [2.45, 2.75) is 13.5 Å². The molecule has 1 aromatic heterocycles. The molecular formula is C12H13BrN2O. The molecule has 0 unspecified atom stereocenters. The topological polar surface area (TPSA) is 27.1 Å². The van der Waals surface area contributed by atoms with Crippen molar-refractivity contribution >= 4 is 15.9 Å². The van der Waals surface area contributed by atoms with E-state index in [1.807, 2.05) is 30.6 Å². The van der Waals surface area contributed by atoms with E-state index in [0.29, 0.717) is 0 Å². The Morgan fingerprint density at radius 3 is 2.88 bits per heavy atom. The molecule has 0 fully saturated rings. The highest BCUT2D eigenvalue weighted by Crippen LogP contribution is 2.29. The van der Waals surface area contributed by atoms with Crippen LogP contribution in [0.4, 0.5) is 0 Å². The number of aryl methyl sites for hydroxylation is 1. The molecule has 0 N–H and O–H groups in total. The molecule has 0 aliphatic carbocycles. The maximum Gasteiger partial charge on any atom is 0.139 e. The third-order valence-electron chi connectivity index (χ3n) is 2.47. The van der Waals surface area contributed by atoms with Gasteiger partial charge in [0.25, 0.3) is 0 Å². The number of ether oxygens (including phenoxy) is 1. The lowest BCUT2D eigenvalue weighted by Crippen LogP contribution is -1.96. The molecule has 0 bridgehead atoms. The third kappa shape index (κ3) is 1.97. The van der Waals surface area contributed by atoms with Crippen LogP contribution in [0.15, 0.2) is 35.1 Å². The SMILES string of the molecule is CCn1ccnc1-c1ccc(OC)c(Br)c1. The van der Waals surface area contributed by atoms with E-state index in [1.54, 1.807) is 7.11 Å². The van der Waals surface area contributed by atoms with E-state index in [-0.39, 0.29) is 0 Å². The lowest BCUT2D eigenvalue weighted by molar-refractivity contribution is 0.412. The van der Waals surface area contributed by atoms with Crippen molar-refractivity contribution in [2.24, 2.45) is 0 Å². The molecule has 0 atom stereocenters. The second kappa shape index (κ2) is 4.70. The van der Waals surface area contributed by atoms with Crippen LogP contribution in [0.3, 0.4) is 0 Å². The quantitative estimate of drug-likeness (QED) is 0.862. The first-order chi connectivity index (χ1) is 7.76. The van der Waals surface area contributed by atoms with E-state index < -0.39 is 0 Å². The maximum atomic E-state index is 5.20. The molecule has 0 saturated heterocycles. The van der Waals surface area contributed by atoms with Gasteiger partial charge in [0, 0.05) is 24.5 Å². The maximum absolute atomic E-state index is 5.20. The first-order valence-electron chi connectivity index (χ1n) is 5.11. The van der Waals surface area contributed by atoms with Crippen LogP contribution in [0.5, 0.6) is 5.75 Å². The second-order valence-corrected chi connectivity index (χ2v) is 4.24. The van der Waals surface area contributed by atoms with Gasteiger partial charge >= 0.3 is 0 Å². The van der Waals surface area contributed by atoms with Gasteiger partial charge in [-0.25, -0.2) is 4.98 Å². The highest BCUT2D eigenvalue weighted by molar-refractivity contribution is 9.10. The van der Waals surface area contributed by atoms with Crippen molar-refractivity contribution in [3.63, 3.8) is 0 Å². The summed E-state index contributed by atoms with van der Waals surface area (Å²) in [7, 11) is 1.66. The monoisotopic (exact) mass is 280 g/mol. The van der Waals surface area contributed by atoms with Crippen molar-refractivity contribution in [2.75, 3.05) is 7.11 Å². The predicted octanol–water partition coefficient (Wildman–Crippen LogP) is 3.34. The van der Waals surface area contributed by atoms with Crippen molar-refractivity contribution < 1.29 is 4.74 Å². The minimum absolute atomic E-state index is 0.832. The molecule has 0 aliphatic heterocycles. The summed E-state index contributed by atoms with van der Waals surface area (Å²) < 4.78 is 8.25. The Hall–Kier alpha value is -1.29. The van der Waals surface area contributed by atoms with Crippen LogP contribution in [0.25, 0.3) is 11.4 Å². The van der Waals surface area contributed by atoms with E-state index in [9.17, 15) is 0 Å². The van der Waals surface area contributed by atoms with Crippen LogP contribution in [0.1, 0.15) is 6.92 Å². The molecule has 0 radical (unpaired) electrons. The average molecular weight is 281 g/mol. The normalized spacial score (nSPS) is 10.4. The largest absolute Gasteiger partial charge is 0.496 e. The molecule has 1 heterocycles. The summed E-state index contributed by atoms with van der Waals surface area (Å²) in [6, 6.07) is 5.97. The Morgan fingerprint density at radius 1 is 1.44 bits per heavy atom. The molecule has 84 valence electrons. The Morgan fingerprint density at radius 2 is 2.25 bits per heavy atom. The smallest absolute Gasteiger partial charge is 0.139 e. The van der Waals surface area contributed by atoms with Crippen LogP contribution in [0, 0.1) is 0 Å². The predicted molar refractivity (Wildman–Crippen MR) is 67.6 cm³/mol. The lowest BCUT2D eigenvalue weighted by Gasteiger charge is -2.07. The number of halogens is 1. The number of methoxy groups -OCH3 is 1. The van der Waals surface area contributed by atoms with Crippen molar-refractivity contribution in [3.05, 3.63) is 35.1 Å². The zero-order valence-electron chi connectivity index (χ0n) is 9.27. The lowest BCUT2D eigenvalue weighted by atomic mass is 10.2. The first-order valence-corrected chi connectivity index (χ1v) is 5.90. The molecular weight excluding hydrogens is 268 g/mol. The zero-order chi connectivity index (χ0) is 11.5. The van der Waals surface area contributed by atoms with Crippen LogP contribution in [0.2, 0.25) is 0 Å². The van der Waals surface area contributed by atoms with Gasteiger partial charge in [0.15, 0.2) is 0 Å². The van der Waals surface area contributed by atoms with Gasteiger partial charge in [0.1, 0.15) is 11.6 Å². The first kappa shape index (κ1) is 11.2. The van der Waals surface area contributed by atoms with Gasteiger partial charge in [0.2, 0.25) is 0 Å². The van der Waals surface area contributed by atoms with Gasteiger partial charge in [-0.15, -0.1) is 0 Å². The summed E-state index contributed by atoms with van der Waals surface area (Å²) in [5.74, 6) is 1.81. The number of benzene rings is 1. The van der Waals surface area contributed by atoms with Crippen LogP contribution >= 0.6 is 15.9 Å². The van der Waals surface area contributed by atoms with Gasteiger partial charge in [-0.2, -0.15) is 0 Å². The van der Waals surface area contributed by atoms with Gasteiger partial charge in [0.05, 0.1) is 11.6 Å². The van der Waals surface area contributed by atoms with Crippen LogP contribution in [-0.2, 0) is 6.54 Å². The molecule has 2 rings (SSSR count). The fourth-order valence-corrected chi connectivity index (χ4v) is 2.17. The Kier molecular flexibility index (Phi) is 3.29. The highest BCUT2D eigenvalue weighted by atomic mass is 79.9. The summed E-state index contributed by atoms with van der Waals surface area (Å²) >= 11 is 3.48. The highest BCUT2D eigenvalue weighted by Gasteiger charge is 2.07. The van der Waals surface area contributed by atoms with Crippen LogP contribution < -0.4 is 4.74 Å². The van der Waals surface area contributed by atoms with Gasteiger partial charge in [-0.1, -0.05) is 0 Å². The number of rotatable bonds is 3. The minimum Gasteiger partial charge on any atom is -0.496 e. The summed E-state index contributed by atoms with van der Waals surface area (Å²) in [5.41, 5.74) is 1.08. The number of imidazole rings is 1. The summed E-state index contributed by atoms with van der Waals surface area (Å²) in [5, 5.41) is 0. The van der Waals surface area contributed by atoms with E-state index in [4.69, 9.17) is 4.74 Å². The van der Waals surface area contributed by atoms with Gasteiger partial charge in [-0.3, -0.25) is 0 Å². The fourth-order valence-electron chi connectivity index (χ4n) is 1.63. The summed E-state index contributed by atoms with van der Waals surface area (Å²) in [6.45, 7) is 3.02. The second-order valence-electron chi connectivity index (χ2n) is 3.39. The minimum atomic E-state index is 0.832. The molecule has 0 spiro atoms. The zero-order valence-corrected chi connectivity index (χ0v) is 10.9. The molecule has 0 amide bonds. The third-order valence-corrected chi connectivity index (χ3v) is 3.09. The molecule has 0 saturated carbocycles. The number of aromatic nitrogens is 2. The van der Waals surface area contributed by atoms with E-state index in [1.165, 1.54) is 0 Å². The summed E-state index contributed by atoms with van der Waals surface area (Å²) in [4.78, 5) is 4.36.